The van der Waals surface area contributed by atoms with Gasteiger partial charge in [0.05, 0.1) is 5.56 Å². The number of imidazole rings is 1. The number of carbonyl (C=O) groups is 1. The van der Waals surface area contributed by atoms with Crippen LogP contribution in [-0.2, 0) is 6.42 Å². The lowest BCUT2D eigenvalue weighted by Crippen LogP contribution is -2.19. The molecule has 0 radical (unpaired) electrons. The summed E-state index contributed by atoms with van der Waals surface area (Å²) in [6.45, 7) is 0. The number of nitrogens with zero attached hydrogens (tertiary/aromatic N) is 1. The largest absolute Gasteiger partial charge is 0.440 e. The highest BCUT2D eigenvalue weighted by Gasteiger charge is 2.22. The molecule has 0 saturated heterocycles. The third kappa shape index (κ3) is 2.29. The van der Waals surface area contributed by atoms with E-state index in [0.29, 0.717) is 29.2 Å². The smallest absolute Gasteiger partial charge is 0.259 e. The Morgan fingerprint density at radius 3 is 2.96 bits per heavy atom. The Labute approximate surface area is 134 Å². The number of ketones is 1. The van der Waals surface area contributed by atoms with E-state index in [9.17, 15) is 9.59 Å². The van der Waals surface area contributed by atoms with Gasteiger partial charge in [-0.05, 0) is 30.4 Å². The van der Waals surface area contributed by atoms with Gasteiger partial charge in [0.15, 0.2) is 10.6 Å². The van der Waals surface area contributed by atoms with Gasteiger partial charge in [-0.2, -0.15) is 0 Å². The molecule has 0 atom stereocenters. The Kier molecular flexibility index (Phi) is 2.98. The molecule has 23 heavy (non-hydrogen) atoms. The van der Waals surface area contributed by atoms with Gasteiger partial charge < -0.3 is 14.7 Å². The summed E-state index contributed by atoms with van der Waals surface area (Å²) < 4.78 is 5.90. The van der Waals surface area contributed by atoms with Crippen LogP contribution in [0.15, 0.2) is 35.4 Å². The highest BCUT2D eigenvalue weighted by Crippen LogP contribution is 2.33. The molecule has 0 unspecified atom stereocenters. The summed E-state index contributed by atoms with van der Waals surface area (Å²) in [5.74, 6) is 0.982. The normalized spacial score (nSPS) is 12.2. The van der Waals surface area contributed by atoms with Crippen LogP contribution in [0, 0.1) is 4.77 Å². The number of benzene rings is 1. The molecule has 7 nitrogen and oxygen atoms in total. The first-order valence-electron chi connectivity index (χ1n) is 6.82. The lowest BCUT2D eigenvalue weighted by molar-refractivity contribution is 0.103. The van der Waals surface area contributed by atoms with Crippen LogP contribution in [0.2, 0.25) is 0 Å². The lowest BCUT2D eigenvalue weighted by Gasteiger charge is -2.19. The first-order chi connectivity index (χ1) is 11.1. The van der Waals surface area contributed by atoms with Crippen molar-refractivity contribution in [3.05, 3.63) is 68.2 Å². The third-order valence-corrected chi connectivity index (χ3v) is 3.82. The summed E-state index contributed by atoms with van der Waals surface area (Å²) in [6.07, 6.45) is 3.46. The van der Waals surface area contributed by atoms with Crippen LogP contribution < -0.4 is 10.3 Å². The van der Waals surface area contributed by atoms with Gasteiger partial charge in [-0.15, -0.1) is 0 Å². The predicted octanol–water partition coefficient (Wildman–Crippen LogP) is 2.08. The minimum atomic E-state index is -0.294. The molecule has 114 valence electrons. The van der Waals surface area contributed by atoms with Crippen LogP contribution in [0.25, 0.3) is 0 Å². The number of H-pyrrole nitrogens is 3. The molecule has 4 rings (SSSR count). The Balaban J connectivity index is 1.76. The average molecular weight is 326 g/mol. The van der Waals surface area contributed by atoms with Crippen LogP contribution in [0.5, 0.6) is 11.6 Å². The Hall–Kier alpha value is -3.00. The maximum absolute atomic E-state index is 12.3. The van der Waals surface area contributed by atoms with Crippen LogP contribution >= 0.6 is 12.2 Å². The molecule has 0 amide bonds. The maximum atomic E-state index is 12.3. The van der Waals surface area contributed by atoms with Crippen LogP contribution in [-0.4, -0.2) is 25.7 Å². The summed E-state index contributed by atoms with van der Waals surface area (Å²) in [5.41, 5.74) is 1.39. The average Bonchev–Trinajstić information content (AvgIpc) is 3.06. The van der Waals surface area contributed by atoms with E-state index in [1.54, 1.807) is 24.4 Å². The second kappa shape index (κ2) is 5.03. The fraction of sp³-hybridized carbons (Fsp3) is 0.0667. The molecular weight excluding hydrogens is 316 g/mol. The summed E-state index contributed by atoms with van der Waals surface area (Å²) >= 11 is 4.94. The summed E-state index contributed by atoms with van der Waals surface area (Å²) in [4.78, 5) is 36.4. The first kappa shape index (κ1) is 13.6. The minimum absolute atomic E-state index is 0.210. The maximum Gasteiger partial charge on any atom is 0.259 e. The fourth-order valence-corrected chi connectivity index (χ4v) is 2.71. The molecule has 1 aliphatic rings. The van der Waals surface area contributed by atoms with Gasteiger partial charge >= 0.3 is 0 Å². The molecule has 0 saturated carbocycles. The predicted molar refractivity (Wildman–Crippen MR) is 83.6 cm³/mol. The molecule has 0 bridgehead atoms. The monoisotopic (exact) mass is 326 g/mol. The van der Waals surface area contributed by atoms with Crippen molar-refractivity contribution in [2.24, 2.45) is 0 Å². The molecule has 2 aromatic heterocycles. The van der Waals surface area contributed by atoms with Crippen LogP contribution in [0.3, 0.4) is 0 Å². The zero-order valence-corrected chi connectivity index (χ0v) is 12.5. The van der Waals surface area contributed by atoms with Crippen molar-refractivity contribution in [1.82, 2.24) is 19.9 Å². The summed E-state index contributed by atoms with van der Waals surface area (Å²) in [5, 5.41) is 0. The van der Waals surface area contributed by atoms with E-state index >= 15 is 0 Å². The van der Waals surface area contributed by atoms with Crippen molar-refractivity contribution in [2.75, 3.05) is 0 Å². The van der Waals surface area contributed by atoms with E-state index in [-0.39, 0.29) is 21.9 Å². The minimum Gasteiger partial charge on any atom is -0.440 e. The van der Waals surface area contributed by atoms with Crippen LogP contribution in [0.1, 0.15) is 27.3 Å². The number of nitrogens with one attached hydrogen (secondary N) is 3. The van der Waals surface area contributed by atoms with Gasteiger partial charge in [0.2, 0.25) is 11.7 Å². The molecule has 1 aromatic carbocycles. The lowest BCUT2D eigenvalue weighted by atomic mass is 9.99. The summed E-state index contributed by atoms with van der Waals surface area (Å²) in [7, 11) is 0. The van der Waals surface area contributed by atoms with Crippen molar-refractivity contribution in [3.63, 3.8) is 0 Å². The Bertz CT molecular complexity index is 1030. The zero-order valence-electron chi connectivity index (χ0n) is 11.7. The standard InChI is InChI=1S/C15H10N4O3S/c20-11(12-16-3-4-17-12)7-1-2-10-8(5-7)6-9-13(21)18-15(23)19-14(9)22-10/h1-5H,6H2,(H,16,17)(H2,18,19,21,23). The van der Waals surface area contributed by atoms with Gasteiger partial charge in [-0.25, -0.2) is 4.98 Å². The van der Waals surface area contributed by atoms with E-state index in [1.165, 1.54) is 6.20 Å². The number of hydrogen-bond acceptors (Lipinski definition) is 5. The summed E-state index contributed by atoms with van der Waals surface area (Å²) in [6, 6.07) is 5.08. The number of fused-ring (bicyclic) bond motifs is 2. The zero-order chi connectivity index (χ0) is 16.0. The first-order valence-corrected chi connectivity index (χ1v) is 7.23. The number of rotatable bonds is 2. The molecule has 3 heterocycles. The van der Waals surface area contributed by atoms with Crippen molar-refractivity contribution >= 4 is 18.0 Å². The van der Waals surface area contributed by atoms with Gasteiger partial charge in [0, 0.05) is 29.9 Å². The van der Waals surface area contributed by atoms with Gasteiger partial charge in [0.25, 0.3) is 5.56 Å². The van der Waals surface area contributed by atoms with Gasteiger partial charge in [-0.3, -0.25) is 14.6 Å². The van der Waals surface area contributed by atoms with Crippen molar-refractivity contribution in [1.29, 1.82) is 0 Å². The van der Waals surface area contributed by atoms with Crippen molar-refractivity contribution in [2.45, 2.75) is 6.42 Å². The van der Waals surface area contributed by atoms with Crippen molar-refractivity contribution in [3.8, 4) is 11.6 Å². The number of aromatic nitrogens is 4. The molecule has 0 spiro atoms. The second-order valence-electron chi connectivity index (χ2n) is 5.08. The van der Waals surface area contributed by atoms with Gasteiger partial charge in [0.1, 0.15) is 5.75 Å². The Morgan fingerprint density at radius 2 is 2.17 bits per heavy atom. The van der Waals surface area contributed by atoms with Gasteiger partial charge in [-0.1, -0.05) is 0 Å². The fourth-order valence-electron chi connectivity index (χ4n) is 2.52. The van der Waals surface area contributed by atoms with E-state index in [4.69, 9.17) is 17.0 Å². The molecule has 3 N–H and O–H groups in total. The van der Waals surface area contributed by atoms with E-state index < -0.39 is 0 Å². The van der Waals surface area contributed by atoms with Crippen LogP contribution in [0.4, 0.5) is 0 Å². The number of hydrogen-bond donors (Lipinski definition) is 3. The molecule has 0 aliphatic carbocycles. The highest BCUT2D eigenvalue weighted by molar-refractivity contribution is 7.71. The van der Waals surface area contributed by atoms with E-state index in [0.717, 1.165) is 5.56 Å². The molecule has 3 aromatic rings. The second-order valence-corrected chi connectivity index (χ2v) is 5.49. The molecular formula is C15H10N4O3S. The topological polar surface area (TPSA) is 104 Å². The highest BCUT2D eigenvalue weighted by atomic mass is 32.1. The molecule has 1 aliphatic heterocycles. The number of ether oxygens (including phenoxy) is 1. The molecule has 8 heteroatoms. The SMILES string of the molecule is O=C(c1ccc2c(c1)Cc1c([nH]c(=S)[nH]c1=O)O2)c1ncc[nH]1. The molecule has 0 fully saturated rings. The van der Waals surface area contributed by atoms with Crippen molar-refractivity contribution < 1.29 is 9.53 Å². The Morgan fingerprint density at radius 1 is 1.30 bits per heavy atom. The number of carbonyl (C=O) groups excluding carboxylic acids is 1. The number of aromatic amines is 3. The van der Waals surface area contributed by atoms with E-state index in [1.807, 2.05) is 0 Å². The third-order valence-electron chi connectivity index (χ3n) is 3.62. The quantitative estimate of drug-likeness (QED) is 0.386. The van der Waals surface area contributed by atoms with E-state index in [2.05, 4.69) is 19.9 Å².